The molecule has 88 valence electrons. The molecule has 1 aromatic heterocycles. The van der Waals surface area contributed by atoms with Crippen molar-refractivity contribution in [1.82, 2.24) is 4.98 Å². The van der Waals surface area contributed by atoms with E-state index in [1.54, 1.807) is 11.3 Å². The summed E-state index contributed by atoms with van der Waals surface area (Å²) in [6, 6.07) is 0. The van der Waals surface area contributed by atoms with Crippen molar-refractivity contribution in [3.63, 3.8) is 0 Å². The van der Waals surface area contributed by atoms with E-state index in [1.807, 2.05) is 0 Å². The Morgan fingerprint density at radius 1 is 1.50 bits per heavy atom. The number of aromatic nitrogens is 1. The van der Waals surface area contributed by atoms with Crippen molar-refractivity contribution < 1.29 is 4.74 Å². The minimum absolute atomic E-state index is 0.189. The lowest BCUT2D eigenvalue weighted by Crippen LogP contribution is -2.49. The molecule has 16 heavy (non-hydrogen) atoms. The Morgan fingerprint density at radius 3 is 2.81 bits per heavy atom. The molecule has 0 radical (unpaired) electrons. The highest BCUT2D eigenvalue weighted by Crippen LogP contribution is 2.38. The maximum atomic E-state index is 5.82. The Morgan fingerprint density at radius 2 is 2.31 bits per heavy atom. The minimum Gasteiger partial charge on any atom is -0.380 e. The molecule has 0 spiro atoms. The number of nitrogens with zero attached hydrogens (tertiary/aromatic N) is 1. The lowest BCUT2D eigenvalue weighted by molar-refractivity contribution is -0.106. The van der Waals surface area contributed by atoms with Gasteiger partial charge in [-0.05, 0) is 12.8 Å². The van der Waals surface area contributed by atoms with Crippen LogP contribution in [0.5, 0.6) is 0 Å². The fraction of sp³-hybridized carbons (Fsp3) is 0.750. The van der Waals surface area contributed by atoms with Gasteiger partial charge in [0.15, 0.2) is 0 Å². The molecule has 1 aromatic rings. The van der Waals surface area contributed by atoms with Gasteiger partial charge in [0, 0.05) is 29.7 Å². The van der Waals surface area contributed by atoms with E-state index in [1.165, 1.54) is 30.0 Å². The Bertz CT molecular complexity index is 363. The van der Waals surface area contributed by atoms with Gasteiger partial charge in [0.05, 0.1) is 23.9 Å². The first-order valence-electron chi connectivity index (χ1n) is 6.03. The SMILES string of the molecule is NCC1(Cc2nc(C3CCC3)cs2)COC1. The van der Waals surface area contributed by atoms with Gasteiger partial charge in [0.1, 0.15) is 0 Å². The van der Waals surface area contributed by atoms with E-state index in [9.17, 15) is 0 Å². The van der Waals surface area contributed by atoms with Gasteiger partial charge < -0.3 is 10.5 Å². The Kier molecular flexibility index (Phi) is 2.73. The van der Waals surface area contributed by atoms with E-state index in [0.29, 0.717) is 6.54 Å². The topological polar surface area (TPSA) is 48.1 Å². The summed E-state index contributed by atoms with van der Waals surface area (Å²) in [5.41, 5.74) is 7.32. The van der Waals surface area contributed by atoms with Crippen LogP contribution in [0.3, 0.4) is 0 Å². The fourth-order valence-electron chi connectivity index (χ4n) is 2.30. The molecule has 2 fully saturated rings. The maximum Gasteiger partial charge on any atom is 0.0936 e. The average Bonchev–Trinajstić information content (AvgIpc) is 2.57. The van der Waals surface area contributed by atoms with Crippen molar-refractivity contribution in [3.8, 4) is 0 Å². The van der Waals surface area contributed by atoms with Crippen LogP contribution in [-0.4, -0.2) is 24.7 Å². The fourth-order valence-corrected chi connectivity index (χ4v) is 3.35. The van der Waals surface area contributed by atoms with Crippen LogP contribution < -0.4 is 5.73 Å². The zero-order valence-corrected chi connectivity index (χ0v) is 10.3. The van der Waals surface area contributed by atoms with E-state index < -0.39 is 0 Å². The molecule has 3 nitrogen and oxygen atoms in total. The molecule has 0 atom stereocenters. The number of ether oxygens (including phenoxy) is 1. The minimum atomic E-state index is 0.189. The van der Waals surface area contributed by atoms with Gasteiger partial charge in [-0.15, -0.1) is 11.3 Å². The van der Waals surface area contributed by atoms with Crippen LogP contribution in [0.25, 0.3) is 0 Å². The number of thiazole rings is 1. The third kappa shape index (κ3) is 1.79. The standard InChI is InChI=1S/C12H18N2OS/c13-6-12(7-15-8-12)4-11-14-10(5-16-11)9-2-1-3-9/h5,9H,1-4,6-8,13H2. The van der Waals surface area contributed by atoms with E-state index in [4.69, 9.17) is 15.5 Å². The Labute approximate surface area is 100 Å². The molecule has 3 rings (SSSR count). The predicted octanol–water partition coefficient (Wildman–Crippen LogP) is 1.93. The molecular weight excluding hydrogens is 220 g/mol. The summed E-state index contributed by atoms with van der Waals surface area (Å²) < 4.78 is 5.28. The van der Waals surface area contributed by atoms with Crippen LogP contribution >= 0.6 is 11.3 Å². The molecular formula is C12H18N2OS. The Hall–Kier alpha value is -0.450. The summed E-state index contributed by atoms with van der Waals surface area (Å²) in [6.45, 7) is 2.33. The summed E-state index contributed by atoms with van der Waals surface area (Å²) in [4.78, 5) is 4.75. The largest absolute Gasteiger partial charge is 0.380 e. The second kappa shape index (κ2) is 4.09. The normalized spacial score (nSPS) is 23.8. The Balaban J connectivity index is 1.67. The summed E-state index contributed by atoms with van der Waals surface area (Å²) in [5.74, 6) is 0.747. The lowest BCUT2D eigenvalue weighted by Gasteiger charge is -2.39. The number of nitrogens with two attached hydrogens (primary N) is 1. The van der Waals surface area contributed by atoms with Crippen molar-refractivity contribution in [3.05, 3.63) is 16.1 Å². The molecule has 0 unspecified atom stereocenters. The molecule has 4 heteroatoms. The molecule has 0 aromatic carbocycles. The van der Waals surface area contributed by atoms with Gasteiger partial charge in [-0.2, -0.15) is 0 Å². The molecule has 0 bridgehead atoms. The number of hydrogen-bond donors (Lipinski definition) is 1. The van der Waals surface area contributed by atoms with Gasteiger partial charge in [-0.3, -0.25) is 0 Å². The van der Waals surface area contributed by atoms with Crippen LogP contribution in [0.15, 0.2) is 5.38 Å². The zero-order valence-electron chi connectivity index (χ0n) is 9.45. The van der Waals surface area contributed by atoms with Gasteiger partial charge in [-0.1, -0.05) is 6.42 Å². The lowest BCUT2D eigenvalue weighted by atomic mass is 9.82. The van der Waals surface area contributed by atoms with Crippen LogP contribution in [0.2, 0.25) is 0 Å². The summed E-state index contributed by atoms with van der Waals surface area (Å²) in [6.07, 6.45) is 5.03. The first-order valence-corrected chi connectivity index (χ1v) is 6.91. The first-order chi connectivity index (χ1) is 7.81. The number of rotatable bonds is 4. The van der Waals surface area contributed by atoms with Crippen LogP contribution in [0.4, 0.5) is 0 Å². The highest BCUT2D eigenvalue weighted by Gasteiger charge is 2.38. The molecule has 2 aliphatic rings. The van der Waals surface area contributed by atoms with E-state index in [2.05, 4.69) is 5.38 Å². The molecule has 2 N–H and O–H groups in total. The van der Waals surface area contributed by atoms with Crippen molar-refractivity contribution in [2.45, 2.75) is 31.6 Å². The van der Waals surface area contributed by atoms with Crippen molar-refractivity contribution in [1.29, 1.82) is 0 Å². The summed E-state index contributed by atoms with van der Waals surface area (Å²) >= 11 is 1.80. The molecule has 1 aliphatic heterocycles. The van der Waals surface area contributed by atoms with E-state index in [-0.39, 0.29) is 5.41 Å². The predicted molar refractivity (Wildman–Crippen MR) is 64.7 cm³/mol. The quantitative estimate of drug-likeness (QED) is 0.872. The summed E-state index contributed by atoms with van der Waals surface area (Å²) in [5, 5.41) is 3.48. The van der Waals surface area contributed by atoms with Gasteiger partial charge >= 0.3 is 0 Å². The van der Waals surface area contributed by atoms with Crippen molar-refractivity contribution >= 4 is 11.3 Å². The molecule has 1 saturated carbocycles. The maximum absolute atomic E-state index is 5.82. The second-order valence-corrected chi connectivity index (χ2v) is 6.11. The van der Waals surface area contributed by atoms with E-state index in [0.717, 1.165) is 25.6 Å². The molecule has 1 aliphatic carbocycles. The van der Waals surface area contributed by atoms with Crippen LogP contribution in [0.1, 0.15) is 35.9 Å². The summed E-state index contributed by atoms with van der Waals surface area (Å²) in [7, 11) is 0. The second-order valence-electron chi connectivity index (χ2n) is 5.17. The van der Waals surface area contributed by atoms with Gasteiger partial charge in [0.2, 0.25) is 0 Å². The van der Waals surface area contributed by atoms with Gasteiger partial charge in [0.25, 0.3) is 0 Å². The van der Waals surface area contributed by atoms with Crippen molar-refractivity contribution in [2.24, 2.45) is 11.1 Å². The monoisotopic (exact) mass is 238 g/mol. The molecule has 1 saturated heterocycles. The third-order valence-corrected chi connectivity index (χ3v) is 4.74. The smallest absolute Gasteiger partial charge is 0.0936 e. The van der Waals surface area contributed by atoms with Crippen LogP contribution in [-0.2, 0) is 11.2 Å². The van der Waals surface area contributed by atoms with Gasteiger partial charge in [-0.25, -0.2) is 4.98 Å². The first kappa shape index (κ1) is 10.7. The molecule has 0 amide bonds. The number of hydrogen-bond acceptors (Lipinski definition) is 4. The van der Waals surface area contributed by atoms with Crippen LogP contribution in [0, 0.1) is 5.41 Å². The highest BCUT2D eigenvalue weighted by atomic mass is 32.1. The third-order valence-electron chi connectivity index (χ3n) is 3.87. The highest BCUT2D eigenvalue weighted by molar-refractivity contribution is 7.09. The van der Waals surface area contributed by atoms with E-state index >= 15 is 0 Å². The van der Waals surface area contributed by atoms with Crippen molar-refractivity contribution in [2.75, 3.05) is 19.8 Å². The molecule has 2 heterocycles. The zero-order chi connectivity index (χ0) is 11.0. The average molecular weight is 238 g/mol.